The van der Waals surface area contributed by atoms with Crippen LogP contribution in [0.3, 0.4) is 0 Å². The molecule has 0 bridgehead atoms. The molecule has 1 aliphatic heterocycles. The van der Waals surface area contributed by atoms with Crippen LogP contribution in [0.15, 0.2) is 77.7 Å². The maximum atomic E-state index is 13.5. The van der Waals surface area contributed by atoms with Crippen LogP contribution in [0.1, 0.15) is 18.1 Å². The molecule has 4 rings (SSSR count). The minimum absolute atomic E-state index is 0.0480. The maximum Gasteiger partial charge on any atom is 0.264 e. The highest BCUT2D eigenvalue weighted by Crippen LogP contribution is 2.33. The fraction of sp³-hybridized carbons (Fsp3) is 0.208. The van der Waals surface area contributed by atoms with Gasteiger partial charge in [-0.1, -0.05) is 53.6 Å². The Morgan fingerprint density at radius 3 is 2.48 bits per heavy atom. The lowest BCUT2D eigenvalue weighted by atomic mass is 10.1. The van der Waals surface area contributed by atoms with E-state index in [-0.39, 0.29) is 23.4 Å². The zero-order chi connectivity index (χ0) is 22.2. The first kappa shape index (κ1) is 21.4. The van der Waals surface area contributed by atoms with Gasteiger partial charge in [-0.2, -0.15) is 0 Å². The van der Waals surface area contributed by atoms with Crippen LogP contribution >= 0.6 is 11.6 Å². The van der Waals surface area contributed by atoms with Gasteiger partial charge in [0.15, 0.2) is 0 Å². The lowest BCUT2D eigenvalue weighted by molar-refractivity contribution is -0.117. The number of aryl methyl sites for hydroxylation is 1. The van der Waals surface area contributed by atoms with E-state index in [4.69, 9.17) is 11.6 Å². The van der Waals surface area contributed by atoms with Crippen molar-refractivity contribution in [3.63, 3.8) is 0 Å². The fourth-order valence-electron chi connectivity index (χ4n) is 3.93. The highest BCUT2D eigenvalue weighted by molar-refractivity contribution is 7.92. The van der Waals surface area contributed by atoms with Gasteiger partial charge in [0, 0.05) is 16.8 Å². The number of hydrogen-bond acceptors (Lipinski definition) is 3. The van der Waals surface area contributed by atoms with Crippen LogP contribution in [0.4, 0.5) is 11.4 Å². The molecule has 31 heavy (non-hydrogen) atoms. The zero-order valence-electron chi connectivity index (χ0n) is 17.3. The molecule has 0 unspecified atom stereocenters. The number of rotatable bonds is 5. The zero-order valence-corrected chi connectivity index (χ0v) is 18.9. The summed E-state index contributed by atoms with van der Waals surface area (Å²) in [6, 6.07) is 20.8. The second-order valence-electron chi connectivity index (χ2n) is 7.75. The standard InChI is InChI=1S/C24H23ClN2O3S/c1-17-10-12-22(13-11-17)31(29,30)26(21-8-5-7-20(25)15-21)16-24(28)27-18(2)14-19-6-3-4-9-23(19)27/h3-13,15,18H,14,16H2,1-2H3/t18-/m0/s1. The van der Waals surface area contributed by atoms with Crippen LogP contribution in [0, 0.1) is 6.92 Å². The molecule has 1 amide bonds. The summed E-state index contributed by atoms with van der Waals surface area (Å²) in [5, 5.41) is 0.397. The van der Waals surface area contributed by atoms with E-state index in [1.54, 1.807) is 53.4 Å². The molecular weight excluding hydrogens is 432 g/mol. The minimum atomic E-state index is -3.98. The Kier molecular flexibility index (Phi) is 5.77. The van der Waals surface area contributed by atoms with E-state index in [1.165, 1.54) is 0 Å². The van der Waals surface area contributed by atoms with Crippen molar-refractivity contribution in [1.82, 2.24) is 0 Å². The fourth-order valence-corrected chi connectivity index (χ4v) is 5.52. The number of para-hydroxylation sites is 1. The van der Waals surface area contributed by atoms with Crippen LogP contribution in [0.5, 0.6) is 0 Å². The third-order valence-corrected chi connectivity index (χ3v) is 7.48. The Labute approximate surface area is 187 Å². The van der Waals surface area contributed by atoms with Crippen LogP contribution in [0.25, 0.3) is 0 Å². The number of carbonyl (C=O) groups is 1. The van der Waals surface area contributed by atoms with Crippen molar-refractivity contribution in [2.24, 2.45) is 0 Å². The predicted octanol–water partition coefficient (Wildman–Crippen LogP) is 4.82. The minimum Gasteiger partial charge on any atom is -0.307 e. The van der Waals surface area contributed by atoms with E-state index < -0.39 is 10.0 Å². The summed E-state index contributed by atoms with van der Waals surface area (Å²) >= 11 is 6.14. The van der Waals surface area contributed by atoms with Gasteiger partial charge >= 0.3 is 0 Å². The van der Waals surface area contributed by atoms with E-state index >= 15 is 0 Å². The molecule has 7 heteroatoms. The summed E-state index contributed by atoms with van der Waals surface area (Å²) < 4.78 is 28.2. The van der Waals surface area contributed by atoms with Crippen molar-refractivity contribution >= 4 is 38.9 Å². The van der Waals surface area contributed by atoms with Gasteiger partial charge in [0.1, 0.15) is 6.54 Å². The molecule has 5 nitrogen and oxygen atoms in total. The van der Waals surface area contributed by atoms with Gasteiger partial charge in [0.2, 0.25) is 5.91 Å². The SMILES string of the molecule is Cc1ccc(S(=O)(=O)N(CC(=O)N2c3ccccc3C[C@@H]2C)c2cccc(Cl)c2)cc1. The number of sulfonamides is 1. The lowest BCUT2D eigenvalue weighted by Gasteiger charge is -2.29. The van der Waals surface area contributed by atoms with E-state index in [0.29, 0.717) is 10.7 Å². The summed E-state index contributed by atoms with van der Waals surface area (Å²) in [7, 11) is -3.98. The molecule has 0 radical (unpaired) electrons. The molecular formula is C24H23ClN2O3S. The Balaban J connectivity index is 1.74. The van der Waals surface area contributed by atoms with Crippen molar-refractivity contribution in [1.29, 1.82) is 0 Å². The van der Waals surface area contributed by atoms with Gasteiger partial charge in [0.25, 0.3) is 10.0 Å². The van der Waals surface area contributed by atoms with Gasteiger partial charge in [-0.15, -0.1) is 0 Å². The van der Waals surface area contributed by atoms with E-state index in [1.807, 2.05) is 38.1 Å². The van der Waals surface area contributed by atoms with Crippen molar-refractivity contribution in [2.75, 3.05) is 15.7 Å². The van der Waals surface area contributed by atoms with Gasteiger partial charge in [-0.05, 0) is 62.2 Å². The maximum absolute atomic E-state index is 13.5. The highest BCUT2D eigenvalue weighted by Gasteiger charge is 2.34. The molecule has 3 aromatic carbocycles. The van der Waals surface area contributed by atoms with Gasteiger partial charge in [0.05, 0.1) is 10.6 Å². The van der Waals surface area contributed by atoms with E-state index in [2.05, 4.69) is 0 Å². The summed E-state index contributed by atoms with van der Waals surface area (Å²) in [6.45, 7) is 3.53. The monoisotopic (exact) mass is 454 g/mol. The number of amides is 1. The molecule has 1 atom stereocenters. The Bertz CT molecular complexity index is 1230. The lowest BCUT2D eigenvalue weighted by Crippen LogP contribution is -2.45. The summed E-state index contributed by atoms with van der Waals surface area (Å²) in [6.07, 6.45) is 0.740. The summed E-state index contributed by atoms with van der Waals surface area (Å²) in [5.41, 5.74) is 3.21. The van der Waals surface area contributed by atoms with E-state index in [0.717, 1.165) is 27.5 Å². The van der Waals surface area contributed by atoms with E-state index in [9.17, 15) is 13.2 Å². The number of benzene rings is 3. The first-order valence-electron chi connectivity index (χ1n) is 10.0. The quantitative estimate of drug-likeness (QED) is 0.555. The summed E-state index contributed by atoms with van der Waals surface area (Å²) in [4.78, 5) is 15.2. The number of hydrogen-bond donors (Lipinski definition) is 0. The molecule has 0 aromatic heterocycles. The van der Waals surface area contributed by atoms with Crippen molar-refractivity contribution < 1.29 is 13.2 Å². The predicted molar refractivity (Wildman–Crippen MR) is 124 cm³/mol. The topological polar surface area (TPSA) is 57.7 Å². The number of carbonyl (C=O) groups excluding carboxylic acids is 1. The average molecular weight is 455 g/mol. The third-order valence-electron chi connectivity index (χ3n) is 5.46. The van der Waals surface area contributed by atoms with Gasteiger partial charge in [-0.25, -0.2) is 8.42 Å². The number of anilines is 2. The number of nitrogens with zero attached hydrogens (tertiary/aromatic N) is 2. The molecule has 0 spiro atoms. The first-order valence-corrected chi connectivity index (χ1v) is 11.8. The third kappa shape index (κ3) is 4.18. The molecule has 3 aromatic rings. The smallest absolute Gasteiger partial charge is 0.264 e. The van der Waals surface area contributed by atoms with Crippen molar-refractivity contribution in [2.45, 2.75) is 31.2 Å². The molecule has 0 saturated heterocycles. The number of fused-ring (bicyclic) bond motifs is 1. The van der Waals surface area contributed by atoms with Crippen molar-refractivity contribution in [3.05, 3.63) is 88.9 Å². The second kappa shape index (κ2) is 8.36. The Morgan fingerprint density at radius 2 is 1.77 bits per heavy atom. The van der Waals surface area contributed by atoms with Crippen molar-refractivity contribution in [3.8, 4) is 0 Å². The molecule has 0 saturated carbocycles. The normalized spacial score (nSPS) is 15.6. The molecule has 0 N–H and O–H groups in total. The average Bonchev–Trinajstić information content (AvgIpc) is 3.07. The van der Waals surface area contributed by atoms with Crippen LogP contribution < -0.4 is 9.21 Å². The first-order chi connectivity index (χ1) is 14.8. The largest absolute Gasteiger partial charge is 0.307 e. The second-order valence-corrected chi connectivity index (χ2v) is 10.0. The Hall–Kier alpha value is -2.83. The number of halogens is 1. The van der Waals surface area contributed by atoms with Crippen LogP contribution in [0.2, 0.25) is 5.02 Å². The molecule has 1 heterocycles. The Morgan fingerprint density at radius 1 is 1.06 bits per heavy atom. The van der Waals surface area contributed by atoms with Gasteiger partial charge < -0.3 is 4.90 Å². The van der Waals surface area contributed by atoms with Crippen LogP contribution in [-0.4, -0.2) is 26.9 Å². The molecule has 1 aliphatic rings. The van der Waals surface area contributed by atoms with Crippen LogP contribution in [-0.2, 0) is 21.2 Å². The summed E-state index contributed by atoms with van der Waals surface area (Å²) in [5.74, 6) is -0.284. The molecule has 160 valence electrons. The highest BCUT2D eigenvalue weighted by atomic mass is 35.5. The molecule has 0 aliphatic carbocycles. The van der Waals surface area contributed by atoms with Gasteiger partial charge in [-0.3, -0.25) is 9.10 Å². The molecule has 0 fully saturated rings.